The van der Waals surface area contributed by atoms with E-state index in [2.05, 4.69) is 11.6 Å². The monoisotopic (exact) mass is 205 g/mol. The average Bonchev–Trinajstić information content (AvgIpc) is 2.40. The molecule has 1 heterocycles. The summed E-state index contributed by atoms with van der Waals surface area (Å²) in [5.74, 6) is 0.325. The van der Waals surface area contributed by atoms with E-state index in [1.54, 1.807) is 0 Å². The Hall–Kier alpha value is -0.0900. The molecule has 3 nitrogen and oxygen atoms in total. The molecule has 1 saturated heterocycles. The quantitative estimate of drug-likeness (QED) is 0.694. The molecule has 0 saturated carbocycles. The van der Waals surface area contributed by atoms with Gasteiger partial charge in [-0.3, -0.25) is 0 Å². The van der Waals surface area contributed by atoms with Crippen LogP contribution >= 0.6 is 0 Å². The van der Waals surface area contributed by atoms with Crippen molar-refractivity contribution in [2.24, 2.45) is 0 Å². The van der Waals surface area contributed by atoms with Gasteiger partial charge in [-0.05, 0) is 12.8 Å². The second-order valence-corrected chi connectivity index (χ2v) is 5.65. The highest BCUT2D eigenvalue weighted by molar-refractivity contribution is 7.89. The minimum absolute atomic E-state index is 0.224. The van der Waals surface area contributed by atoms with Gasteiger partial charge < -0.3 is 0 Å². The molecule has 1 aliphatic rings. The molecule has 1 rings (SSSR count). The average molecular weight is 205 g/mol. The number of hydrogen-bond acceptors (Lipinski definition) is 2. The fourth-order valence-corrected chi connectivity index (χ4v) is 3.15. The van der Waals surface area contributed by atoms with Crippen molar-refractivity contribution in [1.82, 2.24) is 4.72 Å². The van der Waals surface area contributed by atoms with Gasteiger partial charge in [0.2, 0.25) is 10.0 Å². The molecular weight excluding hydrogens is 186 g/mol. The Morgan fingerprint density at radius 2 is 2.08 bits per heavy atom. The first kappa shape index (κ1) is 11.0. The molecule has 0 aromatic heterocycles. The van der Waals surface area contributed by atoms with E-state index in [9.17, 15) is 8.42 Å². The SMILES string of the molecule is CCCCCCC1CCS(=O)(=O)N1. The van der Waals surface area contributed by atoms with E-state index in [1.165, 1.54) is 19.3 Å². The molecule has 0 aromatic carbocycles. The fraction of sp³-hybridized carbons (Fsp3) is 1.00. The van der Waals surface area contributed by atoms with Crippen LogP contribution in [0.5, 0.6) is 0 Å². The molecule has 0 bridgehead atoms. The van der Waals surface area contributed by atoms with Crippen LogP contribution in [0.4, 0.5) is 0 Å². The predicted octanol–water partition coefficient (Wildman–Crippen LogP) is 1.65. The fourth-order valence-electron chi connectivity index (χ4n) is 1.69. The summed E-state index contributed by atoms with van der Waals surface area (Å²) in [5, 5.41) is 0. The van der Waals surface area contributed by atoms with Crippen molar-refractivity contribution in [1.29, 1.82) is 0 Å². The zero-order valence-electron chi connectivity index (χ0n) is 8.25. The number of rotatable bonds is 5. The van der Waals surface area contributed by atoms with Gasteiger partial charge in [0.05, 0.1) is 5.75 Å². The summed E-state index contributed by atoms with van der Waals surface area (Å²) in [7, 11) is -2.89. The maximum atomic E-state index is 11.0. The summed E-state index contributed by atoms with van der Waals surface area (Å²) in [5.41, 5.74) is 0. The van der Waals surface area contributed by atoms with E-state index in [-0.39, 0.29) is 6.04 Å². The molecule has 1 aliphatic heterocycles. The molecule has 1 unspecified atom stereocenters. The van der Waals surface area contributed by atoms with Crippen LogP contribution in [0.2, 0.25) is 0 Å². The second kappa shape index (κ2) is 4.96. The Kier molecular flexibility index (Phi) is 4.19. The van der Waals surface area contributed by atoms with Crippen LogP contribution in [0.15, 0.2) is 0 Å². The van der Waals surface area contributed by atoms with Gasteiger partial charge in [0.25, 0.3) is 0 Å². The molecule has 0 amide bonds. The molecule has 1 atom stereocenters. The highest BCUT2D eigenvalue weighted by Crippen LogP contribution is 2.14. The van der Waals surface area contributed by atoms with Gasteiger partial charge in [-0.2, -0.15) is 0 Å². The largest absolute Gasteiger partial charge is 0.212 e. The summed E-state index contributed by atoms with van der Waals surface area (Å²) >= 11 is 0. The minimum atomic E-state index is -2.89. The lowest BCUT2D eigenvalue weighted by Crippen LogP contribution is -2.25. The molecule has 0 radical (unpaired) electrons. The lowest BCUT2D eigenvalue weighted by atomic mass is 10.1. The first-order valence-corrected chi connectivity index (χ1v) is 6.79. The van der Waals surface area contributed by atoms with Crippen molar-refractivity contribution in [3.8, 4) is 0 Å². The van der Waals surface area contributed by atoms with Crippen LogP contribution in [0.3, 0.4) is 0 Å². The molecule has 0 aromatic rings. The van der Waals surface area contributed by atoms with E-state index < -0.39 is 10.0 Å². The third kappa shape index (κ3) is 4.09. The number of nitrogens with one attached hydrogen (secondary N) is 1. The molecule has 1 N–H and O–H groups in total. The van der Waals surface area contributed by atoms with E-state index in [4.69, 9.17) is 0 Å². The molecule has 13 heavy (non-hydrogen) atoms. The van der Waals surface area contributed by atoms with Crippen molar-refractivity contribution in [3.63, 3.8) is 0 Å². The van der Waals surface area contributed by atoms with E-state index in [0.717, 1.165) is 19.3 Å². The van der Waals surface area contributed by atoms with Crippen LogP contribution in [0.1, 0.15) is 45.4 Å². The van der Waals surface area contributed by atoms with Gasteiger partial charge in [-0.1, -0.05) is 32.6 Å². The van der Waals surface area contributed by atoms with Crippen LogP contribution in [0.25, 0.3) is 0 Å². The van der Waals surface area contributed by atoms with E-state index in [0.29, 0.717) is 5.75 Å². The summed E-state index contributed by atoms with van der Waals surface area (Å²) < 4.78 is 24.7. The van der Waals surface area contributed by atoms with Crippen LogP contribution in [-0.2, 0) is 10.0 Å². The normalized spacial score (nSPS) is 26.4. The summed E-state index contributed by atoms with van der Waals surface area (Å²) in [4.78, 5) is 0. The molecule has 0 aliphatic carbocycles. The third-order valence-corrected chi connectivity index (χ3v) is 3.95. The van der Waals surface area contributed by atoms with Gasteiger partial charge >= 0.3 is 0 Å². The summed E-state index contributed by atoms with van der Waals surface area (Å²) in [6.07, 6.45) is 6.69. The van der Waals surface area contributed by atoms with Crippen molar-refractivity contribution in [2.45, 2.75) is 51.5 Å². The zero-order chi connectivity index (χ0) is 9.73. The first-order valence-electron chi connectivity index (χ1n) is 5.14. The summed E-state index contributed by atoms with van der Waals surface area (Å²) in [6, 6.07) is 0.224. The van der Waals surface area contributed by atoms with Gasteiger partial charge in [-0.25, -0.2) is 13.1 Å². The highest BCUT2D eigenvalue weighted by Gasteiger charge is 2.25. The second-order valence-electron chi connectivity index (χ2n) is 3.77. The smallest absolute Gasteiger partial charge is 0.211 e. The topological polar surface area (TPSA) is 46.2 Å². The van der Waals surface area contributed by atoms with Gasteiger partial charge in [0.15, 0.2) is 0 Å². The molecule has 0 spiro atoms. The Balaban J connectivity index is 2.11. The van der Waals surface area contributed by atoms with E-state index >= 15 is 0 Å². The van der Waals surface area contributed by atoms with Crippen LogP contribution < -0.4 is 4.72 Å². The van der Waals surface area contributed by atoms with Crippen molar-refractivity contribution >= 4 is 10.0 Å². The maximum Gasteiger partial charge on any atom is 0.211 e. The predicted molar refractivity (Wildman–Crippen MR) is 54.1 cm³/mol. The Bertz CT molecular complexity index is 236. The number of unbranched alkanes of at least 4 members (excludes halogenated alkanes) is 3. The minimum Gasteiger partial charge on any atom is -0.212 e. The zero-order valence-corrected chi connectivity index (χ0v) is 9.07. The lowest BCUT2D eigenvalue weighted by molar-refractivity contribution is 0.523. The first-order chi connectivity index (χ1) is 6.14. The van der Waals surface area contributed by atoms with Crippen LogP contribution in [-0.4, -0.2) is 20.2 Å². The molecule has 1 fully saturated rings. The van der Waals surface area contributed by atoms with Gasteiger partial charge in [-0.15, -0.1) is 0 Å². The van der Waals surface area contributed by atoms with Crippen molar-refractivity contribution in [2.75, 3.05) is 5.75 Å². The lowest BCUT2D eigenvalue weighted by Gasteiger charge is -2.07. The van der Waals surface area contributed by atoms with Gasteiger partial charge in [0.1, 0.15) is 0 Å². The molecule has 4 heteroatoms. The Morgan fingerprint density at radius 1 is 1.31 bits per heavy atom. The number of sulfonamides is 1. The third-order valence-electron chi connectivity index (χ3n) is 2.49. The summed E-state index contributed by atoms with van der Waals surface area (Å²) in [6.45, 7) is 2.18. The Morgan fingerprint density at radius 3 is 2.62 bits per heavy atom. The Labute approximate surface area is 81.0 Å². The molecular formula is C9H19NO2S. The number of hydrogen-bond donors (Lipinski definition) is 1. The molecule has 78 valence electrons. The van der Waals surface area contributed by atoms with E-state index in [1.807, 2.05) is 0 Å². The van der Waals surface area contributed by atoms with Gasteiger partial charge in [0, 0.05) is 6.04 Å². The van der Waals surface area contributed by atoms with Crippen LogP contribution in [0, 0.1) is 0 Å². The van der Waals surface area contributed by atoms with Crippen molar-refractivity contribution < 1.29 is 8.42 Å². The highest BCUT2D eigenvalue weighted by atomic mass is 32.2. The maximum absolute atomic E-state index is 11.0. The van der Waals surface area contributed by atoms with Crippen molar-refractivity contribution in [3.05, 3.63) is 0 Å². The standard InChI is InChI=1S/C9H19NO2S/c1-2-3-4-5-6-9-7-8-13(11,12)10-9/h9-10H,2-8H2,1H3.